The van der Waals surface area contributed by atoms with Gasteiger partial charge < -0.3 is 9.52 Å². The molecule has 0 aliphatic rings. The third-order valence-corrected chi connectivity index (χ3v) is 5.21. The number of aromatic nitrogens is 1. The molecule has 27 heavy (non-hydrogen) atoms. The van der Waals surface area contributed by atoms with Crippen LogP contribution in [0.3, 0.4) is 0 Å². The summed E-state index contributed by atoms with van der Waals surface area (Å²) in [6, 6.07) is 17.1. The number of oxazole rings is 1. The normalized spacial score (nSPS) is 11.5. The first-order chi connectivity index (χ1) is 13.0. The first-order valence-electron chi connectivity index (χ1n) is 8.20. The van der Waals surface area contributed by atoms with Crippen LogP contribution in [0, 0.1) is 6.92 Å². The van der Waals surface area contributed by atoms with Crippen molar-refractivity contribution in [2.75, 3.05) is 0 Å². The van der Waals surface area contributed by atoms with Crippen LogP contribution in [0.25, 0.3) is 22.6 Å². The van der Waals surface area contributed by atoms with E-state index < -0.39 is 0 Å². The lowest BCUT2D eigenvalue weighted by molar-refractivity contribution is 0.471. The Balaban J connectivity index is 1.73. The average Bonchev–Trinajstić information content (AvgIpc) is 3.08. The smallest absolute Gasteiger partial charge is 0.227 e. The Morgan fingerprint density at radius 3 is 2.70 bits per heavy atom. The van der Waals surface area contributed by atoms with Crippen LogP contribution in [0.2, 0.25) is 0 Å². The van der Waals surface area contributed by atoms with Gasteiger partial charge in [0.2, 0.25) is 5.89 Å². The molecule has 0 amide bonds. The van der Waals surface area contributed by atoms with Crippen molar-refractivity contribution in [1.82, 2.24) is 4.98 Å². The van der Waals surface area contributed by atoms with E-state index in [1.807, 2.05) is 55.5 Å². The summed E-state index contributed by atoms with van der Waals surface area (Å²) in [7, 11) is 0. The van der Waals surface area contributed by atoms with E-state index in [4.69, 9.17) is 4.42 Å². The van der Waals surface area contributed by atoms with Crippen molar-refractivity contribution in [2.45, 2.75) is 6.92 Å². The van der Waals surface area contributed by atoms with Crippen molar-refractivity contribution < 1.29 is 9.52 Å². The molecule has 1 N–H and O–H groups in total. The maximum absolute atomic E-state index is 10.2. The van der Waals surface area contributed by atoms with Gasteiger partial charge >= 0.3 is 0 Å². The Morgan fingerprint density at radius 2 is 1.89 bits per heavy atom. The monoisotopic (exact) mass is 484 g/mol. The second-order valence-corrected chi connectivity index (χ2v) is 7.84. The first kappa shape index (κ1) is 17.9. The van der Waals surface area contributed by atoms with Crippen LogP contribution in [-0.2, 0) is 0 Å². The molecular weight excluding hydrogens is 472 g/mol. The number of halogens is 2. The lowest BCUT2D eigenvalue weighted by Crippen LogP contribution is -1.86. The molecule has 4 aromatic rings. The van der Waals surface area contributed by atoms with E-state index >= 15 is 0 Å². The highest BCUT2D eigenvalue weighted by Gasteiger charge is 2.10. The second kappa shape index (κ2) is 7.29. The first-order valence-corrected chi connectivity index (χ1v) is 9.78. The van der Waals surface area contributed by atoms with Gasteiger partial charge in [0.25, 0.3) is 0 Å². The van der Waals surface area contributed by atoms with Crippen molar-refractivity contribution in [2.24, 2.45) is 4.99 Å². The lowest BCUT2D eigenvalue weighted by Gasteiger charge is -2.05. The predicted octanol–water partition coefficient (Wildman–Crippen LogP) is 6.78. The number of hydrogen-bond donors (Lipinski definition) is 1. The van der Waals surface area contributed by atoms with E-state index in [0.29, 0.717) is 15.9 Å². The molecule has 3 aromatic carbocycles. The summed E-state index contributed by atoms with van der Waals surface area (Å²) in [5, 5.41) is 10.2. The molecule has 0 aliphatic heterocycles. The highest BCUT2D eigenvalue weighted by atomic mass is 79.9. The number of aryl methyl sites for hydroxylation is 1. The quantitative estimate of drug-likeness (QED) is 0.325. The zero-order valence-electron chi connectivity index (χ0n) is 14.3. The zero-order valence-corrected chi connectivity index (χ0v) is 17.5. The van der Waals surface area contributed by atoms with E-state index in [9.17, 15) is 5.11 Å². The van der Waals surface area contributed by atoms with Crippen LogP contribution in [-0.4, -0.2) is 16.3 Å². The summed E-state index contributed by atoms with van der Waals surface area (Å²) in [6.07, 6.45) is 1.64. The summed E-state index contributed by atoms with van der Waals surface area (Å²) in [4.78, 5) is 9.10. The number of aromatic hydroxyl groups is 1. The molecule has 0 saturated carbocycles. The minimum Gasteiger partial charge on any atom is -0.506 e. The van der Waals surface area contributed by atoms with E-state index in [2.05, 4.69) is 41.8 Å². The van der Waals surface area contributed by atoms with E-state index in [1.54, 1.807) is 12.3 Å². The molecule has 6 heteroatoms. The van der Waals surface area contributed by atoms with Crippen LogP contribution in [0.4, 0.5) is 5.69 Å². The molecule has 0 saturated heterocycles. The topological polar surface area (TPSA) is 58.6 Å². The van der Waals surface area contributed by atoms with Crippen LogP contribution in [0.15, 0.2) is 73.0 Å². The van der Waals surface area contributed by atoms with Crippen molar-refractivity contribution >= 4 is 54.9 Å². The van der Waals surface area contributed by atoms with Gasteiger partial charge in [-0.15, -0.1) is 0 Å². The summed E-state index contributed by atoms with van der Waals surface area (Å²) < 4.78 is 7.31. The minimum atomic E-state index is 0.148. The lowest BCUT2D eigenvalue weighted by atomic mass is 10.1. The van der Waals surface area contributed by atoms with Crippen LogP contribution >= 0.6 is 31.9 Å². The fourth-order valence-electron chi connectivity index (χ4n) is 2.70. The molecule has 1 aromatic heterocycles. The molecule has 0 spiro atoms. The molecule has 1 heterocycles. The predicted molar refractivity (Wildman–Crippen MR) is 115 cm³/mol. The molecule has 0 unspecified atom stereocenters. The fraction of sp³-hybridized carbons (Fsp3) is 0.0476. The number of hydrogen-bond acceptors (Lipinski definition) is 4. The van der Waals surface area contributed by atoms with E-state index in [-0.39, 0.29) is 5.75 Å². The highest BCUT2D eigenvalue weighted by Crippen LogP contribution is 2.32. The van der Waals surface area contributed by atoms with Crippen LogP contribution < -0.4 is 0 Å². The number of aliphatic imine (C=N–C) groups is 1. The number of phenolic OH excluding ortho intramolecular Hbond substituents is 1. The fourth-order valence-corrected chi connectivity index (χ4v) is 3.96. The van der Waals surface area contributed by atoms with Gasteiger partial charge in [0.1, 0.15) is 11.3 Å². The van der Waals surface area contributed by atoms with Crippen LogP contribution in [0.1, 0.15) is 11.1 Å². The van der Waals surface area contributed by atoms with Crippen molar-refractivity contribution in [3.8, 4) is 17.2 Å². The Labute approximate surface area is 172 Å². The zero-order chi connectivity index (χ0) is 19.0. The van der Waals surface area contributed by atoms with Crippen molar-refractivity contribution in [1.29, 1.82) is 0 Å². The van der Waals surface area contributed by atoms with E-state index in [1.165, 1.54) is 0 Å². The molecule has 0 bridgehead atoms. The number of rotatable bonds is 3. The maximum Gasteiger partial charge on any atom is 0.227 e. The van der Waals surface area contributed by atoms with Crippen molar-refractivity contribution in [3.05, 3.63) is 74.7 Å². The van der Waals surface area contributed by atoms with E-state index in [0.717, 1.165) is 32.4 Å². The van der Waals surface area contributed by atoms with Gasteiger partial charge in [-0.1, -0.05) is 34.1 Å². The average molecular weight is 486 g/mol. The number of para-hydroxylation sites is 2. The SMILES string of the molecule is Cc1ccc(-c2nc3ccccc3o2)cc1N=Cc1cc(Br)cc(Br)c1O. The molecule has 4 rings (SSSR count). The minimum absolute atomic E-state index is 0.148. The molecule has 0 aliphatic carbocycles. The van der Waals surface area contributed by atoms with Gasteiger partial charge in [0.05, 0.1) is 10.2 Å². The summed E-state index contributed by atoms with van der Waals surface area (Å²) >= 11 is 6.76. The molecule has 4 nitrogen and oxygen atoms in total. The third kappa shape index (κ3) is 3.68. The Kier molecular flexibility index (Phi) is 4.85. The summed E-state index contributed by atoms with van der Waals surface area (Å²) in [5.74, 6) is 0.704. The van der Waals surface area contributed by atoms with Gasteiger partial charge in [-0.2, -0.15) is 0 Å². The van der Waals surface area contributed by atoms with Crippen molar-refractivity contribution in [3.63, 3.8) is 0 Å². The molecular formula is C21H14Br2N2O2. The standard InChI is InChI=1S/C21H14Br2N2O2/c1-12-6-7-13(21-25-17-4-2-3-5-19(17)27-21)9-18(12)24-11-14-8-15(22)10-16(23)20(14)26/h2-11,26H,1H3. The molecule has 0 radical (unpaired) electrons. The number of fused-ring (bicyclic) bond motifs is 1. The Morgan fingerprint density at radius 1 is 1.07 bits per heavy atom. The molecule has 0 fully saturated rings. The van der Waals surface area contributed by atoms with Gasteiger partial charge in [-0.3, -0.25) is 4.99 Å². The maximum atomic E-state index is 10.2. The Bertz CT molecular complexity index is 1150. The van der Waals surface area contributed by atoms with Gasteiger partial charge in [-0.05, 0) is 64.8 Å². The second-order valence-electron chi connectivity index (χ2n) is 6.07. The third-order valence-electron chi connectivity index (χ3n) is 4.15. The Hall–Kier alpha value is -2.44. The summed E-state index contributed by atoms with van der Waals surface area (Å²) in [5.41, 5.74) is 4.83. The highest BCUT2D eigenvalue weighted by molar-refractivity contribution is 9.11. The summed E-state index contributed by atoms with van der Waals surface area (Å²) in [6.45, 7) is 1.99. The van der Waals surface area contributed by atoms with Gasteiger partial charge in [-0.25, -0.2) is 4.98 Å². The van der Waals surface area contributed by atoms with Gasteiger partial charge in [0, 0.05) is 21.8 Å². The molecule has 134 valence electrons. The van der Waals surface area contributed by atoms with Crippen LogP contribution in [0.5, 0.6) is 5.75 Å². The largest absolute Gasteiger partial charge is 0.506 e. The molecule has 0 atom stereocenters. The number of phenols is 1. The number of benzene rings is 3. The van der Waals surface area contributed by atoms with Gasteiger partial charge in [0.15, 0.2) is 5.58 Å². The number of nitrogens with zero attached hydrogens (tertiary/aromatic N) is 2.